The molecule has 1 spiro atoms. The molecule has 16 heteroatoms. The van der Waals surface area contributed by atoms with Crippen molar-refractivity contribution in [3.8, 4) is 23.2 Å². The molecule has 5 fully saturated rings. The molecule has 5 saturated heterocycles. The molecule has 9 rings (SSSR count). The number of carbonyl (C=O) groups is 1. The monoisotopic (exact) mass is 791 g/mol. The molecular weight excluding hydrogens is 751 g/mol. The summed E-state index contributed by atoms with van der Waals surface area (Å²) in [5.41, 5.74) is 6.05. The Hall–Kier alpha value is -4.39. The highest BCUT2D eigenvalue weighted by molar-refractivity contribution is 7.23. The molecule has 288 valence electrons. The minimum atomic E-state index is -0.959. The summed E-state index contributed by atoms with van der Waals surface area (Å²) in [4.78, 5) is 30.9. The van der Waals surface area contributed by atoms with E-state index in [0.717, 1.165) is 56.4 Å². The van der Waals surface area contributed by atoms with Crippen molar-refractivity contribution in [2.24, 2.45) is 5.41 Å². The molecule has 4 aromatic rings. The first-order valence-corrected chi connectivity index (χ1v) is 20.1. The van der Waals surface area contributed by atoms with Gasteiger partial charge in [0.25, 0.3) is 0 Å². The number of nitrogen functional groups attached to an aromatic ring is 1. The maximum Gasteiger partial charge on any atom is 0.320 e. The minimum absolute atomic E-state index is 0.0288. The van der Waals surface area contributed by atoms with E-state index in [1.165, 1.54) is 12.1 Å². The largest absolute Gasteiger partial charge is 0.461 e. The summed E-state index contributed by atoms with van der Waals surface area (Å²) in [5, 5.41) is 18.7. The summed E-state index contributed by atoms with van der Waals surface area (Å²) < 4.78 is 53.5. The highest BCUT2D eigenvalue weighted by Crippen LogP contribution is 2.47. The van der Waals surface area contributed by atoms with E-state index in [1.54, 1.807) is 17.9 Å². The van der Waals surface area contributed by atoms with E-state index >= 15 is 8.78 Å². The molecule has 5 aliphatic rings. The number of ether oxygens (including phenoxy) is 1. The molecule has 0 aliphatic carbocycles. The average molecular weight is 792 g/mol. The van der Waals surface area contributed by atoms with Crippen molar-refractivity contribution in [2.45, 2.75) is 69.6 Å². The average Bonchev–Trinajstić information content (AvgIpc) is 3.69. The highest BCUT2D eigenvalue weighted by Gasteiger charge is 2.51. The van der Waals surface area contributed by atoms with E-state index in [1.807, 2.05) is 11.0 Å². The van der Waals surface area contributed by atoms with Crippen LogP contribution in [0.25, 0.3) is 32.1 Å². The maximum absolute atomic E-state index is 17.3. The van der Waals surface area contributed by atoms with Gasteiger partial charge in [-0.3, -0.25) is 4.90 Å². The fourth-order valence-electron chi connectivity index (χ4n) is 9.82. The number of likely N-dealkylation sites (tertiary alicyclic amines) is 2. The molecule has 3 atom stereocenters. The van der Waals surface area contributed by atoms with Gasteiger partial charge in [0, 0.05) is 73.2 Å². The molecule has 0 saturated carbocycles. The predicted octanol–water partition coefficient (Wildman–Crippen LogP) is 7.38. The lowest BCUT2D eigenvalue weighted by Gasteiger charge is -2.54. The number of urea groups is 1. The van der Waals surface area contributed by atoms with Crippen molar-refractivity contribution in [1.29, 1.82) is 10.7 Å². The SMILES string of the molecule is CC(=N)[C@@H]1CCN1C(=O)N1CC2(CCCCN(c3nc(OC[C@@]45CCCN4C[C@H](F)C5)nc4c(F)c(-c5ccc(F)c6sc(N)c(C#N)c56)c(Cl)cc34)C2)C1. The molecular formula is C39H41ClF3N9O2S. The number of alkyl halides is 1. The van der Waals surface area contributed by atoms with Crippen molar-refractivity contribution >= 4 is 66.5 Å². The van der Waals surface area contributed by atoms with Gasteiger partial charge >= 0.3 is 12.0 Å². The van der Waals surface area contributed by atoms with Crippen LogP contribution < -0.4 is 15.4 Å². The summed E-state index contributed by atoms with van der Waals surface area (Å²) >= 11 is 7.88. The molecule has 5 aliphatic heterocycles. The summed E-state index contributed by atoms with van der Waals surface area (Å²) in [6.45, 7) is 5.94. The number of halogens is 4. The number of fused-ring (bicyclic) bond motifs is 3. The Labute approximate surface area is 325 Å². The van der Waals surface area contributed by atoms with Crippen molar-refractivity contribution in [3.05, 3.63) is 40.4 Å². The smallest absolute Gasteiger partial charge is 0.320 e. The first kappa shape index (κ1) is 36.3. The molecule has 7 heterocycles. The number of amides is 2. The van der Waals surface area contributed by atoms with Crippen molar-refractivity contribution in [3.63, 3.8) is 0 Å². The van der Waals surface area contributed by atoms with Crippen LogP contribution in [0.5, 0.6) is 6.01 Å². The van der Waals surface area contributed by atoms with Gasteiger partial charge in [-0.2, -0.15) is 15.2 Å². The molecule has 0 radical (unpaired) electrons. The normalized spacial score (nSPS) is 24.8. The van der Waals surface area contributed by atoms with E-state index in [0.29, 0.717) is 62.6 Å². The van der Waals surface area contributed by atoms with Gasteiger partial charge in [-0.1, -0.05) is 24.1 Å². The van der Waals surface area contributed by atoms with Crippen LogP contribution in [-0.4, -0.2) is 107 Å². The van der Waals surface area contributed by atoms with E-state index < -0.39 is 23.3 Å². The second-order valence-corrected chi connectivity index (χ2v) is 17.5. The van der Waals surface area contributed by atoms with Crippen LogP contribution in [0.4, 0.5) is 28.8 Å². The molecule has 55 heavy (non-hydrogen) atoms. The van der Waals surface area contributed by atoms with Crippen LogP contribution in [0.1, 0.15) is 57.4 Å². The predicted molar refractivity (Wildman–Crippen MR) is 207 cm³/mol. The van der Waals surface area contributed by atoms with E-state index in [2.05, 4.69) is 14.8 Å². The second kappa shape index (κ2) is 13.4. The lowest BCUT2D eigenvalue weighted by atomic mass is 9.76. The number of nitrogens with one attached hydrogen (secondary N) is 1. The Kier molecular flexibility index (Phi) is 8.82. The number of carbonyl (C=O) groups excluding carboxylic acids is 1. The zero-order valence-electron chi connectivity index (χ0n) is 30.4. The van der Waals surface area contributed by atoms with Gasteiger partial charge in [0.05, 0.1) is 26.9 Å². The third-order valence-corrected chi connectivity index (χ3v) is 13.9. The fraction of sp³-hybridized carbons (Fsp3) is 0.513. The minimum Gasteiger partial charge on any atom is -0.461 e. The molecule has 2 amide bonds. The van der Waals surface area contributed by atoms with Crippen LogP contribution in [0.2, 0.25) is 5.02 Å². The van der Waals surface area contributed by atoms with Gasteiger partial charge in [-0.15, -0.1) is 11.3 Å². The van der Waals surface area contributed by atoms with Gasteiger partial charge < -0.3 is 30.6 Å². The number of aromatic nitrogens is 2. The molecule has 0 bridgehead atoms. The zero-order valence-corrected chi connectivity index (χ0v) is 32.0. The number of rotatable bonds is 6. The van der Waals surface area contributed by atoms with Gasteiger partial charge in [-0.25, -0.2) is 18.0 Å². The van der Waals surface area contributed by atoms with Gasteiger partial charge in [0.2, 0.25) is 0 Å². The molecule has 0 unspecified atom stereocenters. The number of hydrogen-bond donors (Lipinski definition) is 2. The number of nitrogens with zero attached hydrogens (tertiary/aromatic N) is 7. The van der Waals surface area contributed by atoms with Crippen molar-refractivity contribution < 1.29 is 22.7 Å². The molecule has 3 N–H and O–H groups in total. The fourth-order valence-corrected chi connectivity index (χ4v) is 11.1. The highest BCUT2D eigenvalue weighted by atomic mass is 35.5. The number of nitrogens with two attached hydrogens (primary N) is 1. The summed E-state index contributed by atoms with van der Waals surface area (Å²) in [5.74, 6) is -0.922. The van der Waals surface area contributed by atoms with Gasteiger partial charge in [0.1, 0.15) is 41.0 Å². The number of benzene rings is 2. The quantitative estimate of drug-likeness (QED) is 0.193. The van der Waals surface area contributed by atoms with Crippen molar-refractivity contribution in [1.82, 2.24) is 24.7 Å². The van der Waals surface area contributed by atoms with Gasteiger partial charge in [-0.05, 0) is 63.3 Å². The Balaban J connectivity index is 1.12. The maximum atomic E-state index is 17.3. The standard InChI is InChI=1S/C39H41ClF3N9O2S/c1-21(45)28-7-12-52(28)37(53)50-18-38(19-50)8-2-3-10-49(17-38)35-24-13-26(40)30(23-5-6-27(42)33-29(23)25(15-44)34(46)55-33)31(43)32(24)47-36(48-35)54-20-39-9-4-11-51(39)16-22(41)14-39/h5-6,13,22,28,45H,2-4,7-12,14,16-20,46H2,1H3/t22-,28+,39+/m1/s1. The topological polar surface area (TPSA) is 139 Å². The summed E-state index contributed by atoms with van der Waals surface area (Å²) in [6, 6.07) is 6.03. The lowest BCUT2D eigenvalue weighted by Crippen LogP contribution is -2.67. The first-order chi connectivity index (χ1) is 26.4. The lowest BCUT2D eigenvalue weighted by molar-refractivity contribution is 0.00550. The Bertz CT molecular complexity index is 2310. The third kappa shape index (κ3) is 5.85. The second-order valence-electron chi connectivity index (χ2n) is 16.1. The Morgan fingerprint density at radius 3 is 2.73 bits per heavy atom. The number of nitriles is 1. The van der Waals surface area contributed by atoms with Crippen LogP contribution in [0.15, 0.2) is 18.2 Å². The van der Waals surface area contributed by atoms with Gasteiger partial charge in [0.15, 0.2) is 5.82 Å². The summed E-state index contributed by atoms with van der Waals surface area (Å²) in [7, 11) is 0. The van der Waals surface area contributed by atoms with Crippen molar-refractivity contribution in [2.75, 3.05) is 63.1 Å². The zero-order chi connectivity index (χ0) is 38.4. The van der Waals surface area contributed by atoms with E-state index in [4.69, 9.17) is 32.5 Å². The molecule has 11 nitrogen and oxygen atoms in total. The molecule has 2 aromatic heterocycles. The van der Waals surface area contributed by atoms with Crippen LogP contribution in [0, 0.1) is 33.8 Å². The van der Waals surface area contributed by atoms with E-state index in [-0.39, 0.29) is 72.4 Å². The summed E-state index contributed by atoms with van der Waals surface area (Å²) in [6.07, 6.45) is 4.57. The van der Waals surface area contributed by atoms with E-state index in [9.17, 15) is 14.4 Å². The Morgan fingerprint density at radius 1 is 1.16 bits per heavy atom. The number of hydrogen-bond acceptors (Lipinski definition) is 10. The van der Waals surface area contributed by atoms with Crippen LogP contribution in [0.3, 0.4) is 0 Å². The Morgan fingerprint density at radius 2 is 1.98 bits per heavy atom. The van der Waals surface area contributed by atoms with Crippen LogP contribution >= 0.6 is 22.9 Å². The van der Waals surface area contributed by atoms with Crippen LogP contribution in [-0.2, 0) is 0 Å². The first-order valence-electron chi connectivity index (χ1n) is 18.9. The third-order valence-electron chi connectivity index (χ3n) is 12.6. The number of anilines is 2. The molecule has 2 aromatic carbocycles. The number of thiophene rings is 1.